The van der Waals surface area contributed by atoms with E-state index in [9.17, 15) is 4.79 Å². The number of benzene rings is 1. The third-order valence-electron chi connectivity index (χ3n) is 2.44. The van der Waals surface area contributed by atoms with Crippen molar-refractivity contribution in [1.82, 2.24) is 0 Å². The molecule has 1 amide bonds. The summed E-state index contributed by atoms with van der Waals surface area (Å²) in [5, 5.41) is 2.80. The maximum atomic E-state index is 11.7. The summed E-state index contributed by atoms with van der Waals surface area (Å²) < 4.78 is 10.6. The Hall–Kier alpha value is -1.55. The van der Waals surface area contributed by atoms with E-state index in [0.717, 1.165) is 0 Å². The van der Waals surface area contributed by atoms with E-state index in [1.165, 1.54) is 7.11 Å². The van der Waals surface area contributed by atoms with E-state index in [2.05, 4.69) is 19.2 Å². The van der Waals surface area contributed by atoms with Gasteiger partial charge in [-0.3, -0.25) is 4.79 Å². The Balaban J connectivity index is 2.72. The summed E-state index contributed by atoms with van der Waals surface area (Å²) in [4.78, 5) is 11.7. The number of methoxy groups -OCH3 is 1. The van der Waals surface area contributed by atoms with Crippen LogP contribution in [0.4, 0.5) is 5.69 Å². The third-order valence-corrected chi connectivity index (χ3v) is 2.44. The van der Waals surface area contributed by atoms with Crippen molar-refractivity contribution in [2.24, 2.45) is 5.92 Å². The minimum Gasteiger partial charge on any atom is -0.491 e. The van der Waals surface area contributed by atoms with Gasteiger partial charge in [0.2, 0.25) is 0 Å². The van der Waals surface area contributed by atoms with Crippen molar-refractivity contribution >= 4 is 11.6 Å². The van der Waals surface area contributed by atoms with Gasteiger partial charge in [0.15, 0.2) is 0 Å². The summed E-state index contributed by atoms with van der Waals surface area (Å²) in [6.45, 7) is 6.47. The SMILES string of the molecule is COC(C)C(=O)Nc1ccccc1OCC(C)C. The van der Waals surface area contributed by atoms with Gasteiger partial charge in [0.25, 0.3) is 5.91 Å². The van der Waals surface area contributed by atoms with Crippen LogP contribution in [0.2, 0.25) is 0 Å². The van der Waals surface area contributed by atoms with Gasteiger partial charge in [0, 0.05) is 7.11 Å². The molecule has 0 aliphatic rings. The van der Waals surface area contributed by atoms with Crippen LogP contribution in [0.1, 0.15) is 20.8 Å². The van der Waals surface area contributed by atoms with Crippen molar-refractivity contribution in [1.29, 1.82) is 0 Å². The molecule has 100 valence electrons. The minimum atomic E-state index is -0.483. The Morgan fingerprint density at radius 1 is 1.28 bits per heavy atom. The van der Waals surface area contributed by atoms with Crippen molar-refractivity contribution in [3.05, 3.63) is 24.3 Å². The van der Waals surface area contributed by atoms with Gasteiger partial charge in [-0.2, -0.15) is 0 Å². The van der Waals surface area contributed by atoms with Crippen LogP contribution in [0.3, 0.4) is 0 Å². The number of ether oxygens (including phenoxy) is 2. The fourth-order valence-corrected chi connectivity index (χ4v) is 1.29. The number of hydrogen-bond acceptors (Lipinski definition) is 3. The first-order chi connectivity index (χ1) is 8.54. The minimum absolute atomic E-state index is 0.182. The number of carbonyl (C=O) groups is 1. The Morgan fingerprint density at radius 3 is 2.56 bits per heavy atom. The lowest BCUT2D eigenvalue weighted by molar-refractivity contribution is -0.124. The van der Waals surface area contributed by atoms with Gasteiger partial charge < -0.3 is 14.8 Å². The summed E-state index contributed by atoms with van der Waals surface area (Å²) in [6, 6.07) is 7.39. The van der Waals surface area contributed by atoms with Crippen molar-refractivity contribution in [2.75, 3.05) is 19.0 Å². The second-order valence-electron chi connectivity index (χ2n) is 4.57. The second-order valence-corrected chi connectivity index (χ2v) is 4.57. The molecule has 0 fully saturated rings. The van der Waals surface area contributed by atoms with Crippen LogP contribution in [0.15, 0.2) is 24.3 Å². The molecule has 4 heteroatoms. The van der Waals surface area contributed by atoms with Crippen molar-refractivity contribution in [2.45, 2.75) is 26.9 Å². The Bertz CT molecular complexity index is 390. The van der Waals surface area contributed by atoms with Gasteiger partial charge in [0.1, 0.15) is 11.9 Å². The Kier molecular flexibility index (Phi) is 5.65. The zero-order chi connectivity index (χ0) is 13.5. The molecule has 18 heavy (non-hydrogen) atoms. The highest BCUT2D eigenvalue weighted by Crippen LogP contribution is 2.24. The molecule has 1 unspecified atom stereocenters. The van der Waals surface area contributed by atoms with E-state index >= 15 is 0 Å². The molecule has 1 N–H and O–H groups in total. The molecule has 0 bridgehead atoms. The molecule has 0 aliphatic heterocycles. The summed E-state index contributed by atoms with van der Waals surface area (Å²) in [5.41, 5.74) is 0.673. The van der Waals surface area contributed by atoms with E-state index in [0.29, 0.717) is 24.0 Å². The summed E-state index contributed by atoms with van der Waals surface area (Å²) in [5.74, 6) is 0.938. The molecule has 0 saturated heterocycles. The highest BCUT2D eigenvalue weighted by Gasteiger charge is 2.13. The molecule has 0 spiro atoms. The van der Waals surface area contributed by atoms with Crippen LogP contribution in [-0.4, -0.2) is 25.7 Å². The van der Waals surface area contributed by atoms with Gasteiger partial charge >= 0.3 is 0 Å². The van der Waals surface area contributed by atoms with Crippen LogP contribution < -0.4 is 10.1 Å². The Morgan fingerprint density at radius 2 is 1.94 bits per heavy atom. The molecule has 0 heterocycles. The topological polar surface area (TPSA) is 47.6 Å². The number of hydrogen-bond donors (Lipinski definition) is 1. The molecule has 1 rings (SSSR count). The molecule has 0 aromatic heterocycles. The molecule has 1 atom stereocenters. The molecular formula is C14H21NO3. The van der Waals surface area contributed by atoms with Crippen molar-refractivity contribution < 1.29 is 14.3 Å². The fraction of sp³-hybridized carbons (Fsp3) is 0.500. The van der Waals surface area contributed by atoms with Crippen LogP contribution in [0.5, 0.6) is 5.75 Å². The predicted octanol–water partition coefficient (Wildman–Crippen LogP) is 2.69. The first-order valence-corrected chi connectivity index (χ1v) is 6.10. The normalized spacial score (nSPS) is 12.3. The summed E-state index contributed by atoms with van der Waals surface area (Å²) in [7, 11) is 1.51. The van der Waals surface area contributed by atoms with E-state index in [1.807, 2.05) is 24.3 Å². The zero-order valence-corrected chi connectivity index (χ0v) is 11.4. The number of anilines is 1. The Labute approximate surface area is 108 Å². The molecule has 0 radical (unpaired) electrons. The second kappa shape index (κ2) is 7.01. The standard InChI is InChI=1S/C14H21NO3/c1-10(2)9-18-13-8-6-5-7-12(13)15-14(16)11(3)17-4/h5-8,10-11H,9H2,1-4H3,(H,15,16). The molecule has 4 nitrogen and oxygen atoms in total. The van der Waals surface area contributed by atoms with Crippen molar-refractivity contribution in [3.8, 4) is 5.75 Å². The van der Waals surface area contributed by atoms with E-state index in [-0.39, 0.29) is 5.91 Å². The maximum absolute atomic E-state index is 11.7. The highest BCUT2D eigenvalue weighted by molar-refractivity contribution is 5.95. The fourth-order valence-electron chi connectivity index (χ4n) is 1.29. The monoisotopic (exact) mass is 251 g/mol. The smallest absolute Gasteiger partial charge is 0.253 e. The first-order valence-electron chi connectivity index (χ1n) is 6.10. The van der Waals surface area contributed by atoms with Gasteiger partial charge in [-0.15, -0.1) is 0 Å². The van der Waals surface area contributed by atoms with E-state index < -0.39 is 6.10 Å². The molecular weight excluding hydrogens is 230 g/mol. The predicted molar refractivity (Wildman–Crippen MR) is 71.9 cm³/mol. The lowest BCUT2D eigenvalue weighted by Gasteiger charge is -2.15. The molecule has 0 aliphatic carbocycles. The van der Waals surface area contributed by atoms with Crippen LogP contribution in [-0.2, 0) is 9.53 Å². The molecule has 0 saturated carbocycles. The van der Waals surface area contributed by atoms with E-state index in [1.54, 1.807) is 6.92 Å². The zero-order valence-electron chi connectivity index (χ0n) is 11.4. The summed E-state index contributed by atoms with van der Waals surface area (Å²) in [6.07, 6.45) is -0.483. The number of nitrogens with one attached hydrogen (secondary N) is 1. The first kappa shape index (κ1) is 14.5. The van der Waals surface area contributed by atoms with Crippen LogP contribution in [0, 0.1) is 5.92 Å². The average Bonchev–Trinajstić information content (AvgIpc) is 2.36. The third kappa shape index (κ3) is 4.37. The number of para-hydroxylation sites is 2. The lowest BCUT2D eigenvalue weighted by atomic mass is 10.2. The lowest BCUT2D eigenvalue weighted by Crippen LogP contribution is -2.26. The van der Waals surface area contributed by atoms with Crippen molar-refractivity contribution in [3.63, 3.8) is 0 Å². The van der Waals surface area contributed by atoms with Gasteiger partial charge in [-0.1, -0.05) is 26.0 Å². The van der Waals surface area contributed by atoms with E-state index in [4.69, 9.17) is 9.47 Å². The number of rotatable bonds is 6. The molecule has 1 aromatic carbocycles. The number of amides is 1. The molecule has 1 aromatic rings. The van der Waals surface area contributed by atoms with Gasteiger partial charge in [0.05, 0.1) is 12.3 Å². The van der Waals surface area contributed by atoms with Gasteiger partial charge in [-0.25, -0.2) is 0 Å². The largest absolute Gasteiger partial charge is 0.491 e. The average molecular weight is 251 g/mol. The van der Waals surface area contributed by atoms with Crippen LogP contribution in [0.25, 0.3) is 0 Å². The van der Waals surface area contributed by atoms with Crippen LogP contribution >= 0.6 is 0 Å². The quantitative estimate of drug-likeness (QED) is 0.845. The number of carbonyl (C=O) groups excluding carboxylic acids is 1. The highest BCUT2D eigenvalue weighted by atomic mass is 16.5. The maximum Gasteiger partial charge on any atom is 0.253 e. The summed E-state index contributed by atoms with van der Waals surface area (Å²) >= 11 is 0. The van der Waals surface area contributed by atoms with Gasteiger partial charge in [-0.05, 0) is 25.0 Å².